The Labute approximate surface area is 142 Å². The van der Waals surface area contributed by atoms with Crippen LogP contribution in [0.15, 0.2) is 54.9 Å². The molecule has 0 amide bonds. The Morgan fingerprint density at radius 2 is 1.67 bits per heavy atom. The molecule has 3 nitrogen and oxygen atoms in total. The van der Waals surface area contributed by atoms with E-state index in [2.05, 4.69) is 103 Å². The number of para-hydroxylation sites is 2. The van der Waals surface area contributed by atoms with Crippen LogP contribution in [0.5, 0.6) is 0 Å². The summed E-state index contributed by atoms with van der Waals surface area (Å²) >= 11 is 0. The zero-order valence-corrected chi connectivity index (χ0v) is 15.0. The highest BCUT2D eigenvalue weighted by molar-refractivity contribution is 5.75. The fraction of sp³-hybridized carbons (Fsp3) is 0.286. The first kappa shape index (κ1) is 15.0. The van der Waals surface area contributed by atoms with E-state index in [1.54, 1.807) is 0 Å². The molecule has 0 N–H and O–H groups in total. The maximum absolute atomic E-state index is 2.30. The number of rotatable bonds is 1. The maximum Gasteiger partial charge on any atom is 0.374 e. The number of fused-ring (bicyclic) bond motifs is 3. The van der Waals surface area contributed by atoms with Crippen molar-refractivity contribution in [3.05, 3.63) is 66.0 Å². The van der Waals surface area contributed by atoms with Crippen molar-refractivity contribution in [1.29, 1.82) is 0 Å². The van der Waals surface area contributed by atoms with Gasteiger partial charge in [0.2, 0.25) is 0 Å². The molecule has 4 aromatic rings. The average Bonchev–Trinajstić information content (AvgIpc) is 3.08. The van der Waals surface area contributed by atoms with E-state index in [0.29, 0.717) is 0 Å². The molecule has 0 unspecified atom stereocenters. The van der Waals surface area contributed by atoms with Crippen LogP contribution in [0.3, 0.4) is 0 Å². The second kappa shape index (κ2) is 4.97. The average molecular weight is 318 g/mol. The number of imidazole rings is 2. The molecule has 24 heavy (non-hydrogen) atoms. The maximum atomic E-state index is 2.30. The van der Waals surface area contributed by atoms with Gasteiger partial charge in [0.15, 0.2) is 0 Å². The van der Waals surface area contributed by atoms with Gasteiger partial charge in [0.25, 0.3) is 0 Å². The molecule has 2 heterocycles. The molecule has 0 saturated heterocycles. The molecule has 0 spiro atoms. The number of nitrogens with zero attached hydrogens (tertiary/aromatic N) is 3. The molecule has 0 fully saturated rings. The quantitative estimate of drug-likeness (QED) is 0.464. The van der Waals surface area contributed by atoms with Crippen molar-refractivity contribution >= 4 is 16.8 Å². The van der Waals surface area contributed by atoms with Crippen LogP contribution in [0.1, 0.15) is 31.9 Å². The summed E-state index contributed by atoms with van der Waals surface area (Å²) in [5.74, 6) is 1.17. The Kier molecular flexibility index (Phi) is 3.11. The molecule has 4 rings (SSSR count). The third kappa shape index (κ3) is 2.01. The summed E-state index contributed by atoms with van der Waals surface area (Å²) in [6.45, 7) is 9.05. The smallest absolute Gasteiger partial charge is 0.230 e. The predicted octanol–water partition coefficient (Wildman–Crippen LogP) is 4.31. The molecule has 0 bridgehead atoms. The minimum Gasteiger partial charge on any atom is -0.230 e. The summed E-state index contributed by atoms with van der Waals surface area (Å²) in [6.07, 6.45) is 4.32. The summed E-state index contributed by atoms with van der Waals surface area (Å²) in [6, 6.07) is 15.2. The lowest BCUT2D eigenvalue weighted by Gasteiger charge is -2.22. The van der Waals surface area contributed by atoms with Crippen LogP contribution >= 0.6 is 0 Å². The van der Waals surface area contributed by atoms with E-state index in [1.165, 1.54) is 33.6 Å². The molecule has 2 aromatic carbocycles. The molecule has 3 heteroatoms. The molecule has 0 aliphatic carbocycles. The Hall–Kier alpha value is -2.55. The lowest BCUT2D eigenvalue weighted by atomic mass is 9.83. The minimum atomic E-state index is 0.137. The molecule has 0 radical (unpaired) electrons. The van der Waals surface area contributed by atoms with Gasteiger partial charge in [-0.1, -0.05) is 45.0 Å². The van der Waals surface area contributed by atoms with Gasteiger partial charge in [-0.25, -0.2) is 9.13 Å². The third-order valence-corrected chi connectivity index (χ3v) is 4.97. The van der Waals surface area contributed by atoms with E-state index in [4.69, 9.17) is 0 Å². The number of hydrogen-bond donors (Lipinski definition) is 0. The number of hydrogen-bond acceptors (Lipinski definition) is 0. The van der Waals surface area contributed by atoms with E-state index in [1.807, 2.05) is 0 Å². The van der Waals surface area contributed by atoms with Gasteiger partial charge in [0.05, 0.1) is 7.05 Å². The summed E-state index contributed by atoms with van der Waals surface area (Å²) in [5.41, 5.74) is 6.60. The van der Waals surface area contributed by atoms with E-state index in [9.17, 15) is 0 Å². The molecule has 122 valence electrons. The van der Waals surface area contributed by atoms with Gasteiger partial charge in [-0.05, 0) is 41.7 Å². The van der Waals surface area contributed by atoms with Crippen molar-refractivity contribution in [1.82, 2.24) is 8.97 Å². The summed E-state index contributed by atoms with van der Waals surface area (Å²) in [4.78, 5) is 0. The second-order valence-corrected chi connectivity index (χ2v) is 7.59. The van der Waals surface area contributed by atoms with Crippen molar-refractivity contribution in [3.8, 4) is 5.69 Å². The molecule has 0 aliphatic rings. The standard InChI is InChI=1S/C21H24N3/c1-15-16(21(2,3)4)9-8-12-17(15)23-13-14-24-19-11-7-6-10-18(19)22(5)20(23)24/h6-14H,1-5H3/q+1. The number of benzene rings is 2. The van der Waals surface area contributed by atoms with Gasteiger partial charge in [-0.2, -0.15) is 4.40 Å². The van der Waals surface area contributed by atoms with Crippen LogP contribution < -0.4 is 4.57 Å². The van der Waals surface area contributed by atoms with Gasteiger partial charge in [-0.3, -0.25) is 0 Å². The summed E-state index contributed by atoms with van der Waals surface area (Å²) in [5, 5.41) is 0. The van der Waals surface area contributed by atoms with E-state index < -0.39 is 0 Å². The van der Waals surface area contributed by atoms with E-state index in [0.717, 1.165) is 0 Å². The summed E-state index contributed by atoms with van der Waals surface area (Å²) in [7, 11) is 2.14. The first-order valence-corrected chi connectivity index (χ1v) is 8.46. The Balaban J connectivity index is 2.05. The van der Waals surface area contributed by atoms with Crippen molar-refractivity contribution < 1.29 is 4.57 Å². The first-order valence-electron chi connectivity index (χ1n) is 8.46. The molecule has 0 atom stereocenters. The first-order chi connectivity index (χ1) is 11.4. The van der Waals surface area contributed by atoms with Crippen molar-refractivity contribution in [2.45, 2.75) is 33.1 Å². The topological polar surface area (TPSA) is 13.2 Å². The van der Waals surface area contributed by atoms with Gasteiger partial charge in [-0.15, -0.1) is 0 Å². The highest BCUT2D eigenvalue weighted by Gasteiger charge is 2.24. The molecule has 2 aromatic heterocycles. The van der Waals surface area contributed by atoms with Gasteiger partial charge >= 0.3 is 5.78 Å². The summed E-state index contributed by atoms with van der Waals surface area (Å²) < 4.78 is 6.82. The van der Waals surface area contributed by atoms with E-state index >= 15 is 0 Å². The van der Waals surface area contributed by atoms with Crippen LogP contribution in [-0.2, 0) is 12.5 Å². The van der Waals surface area contributed by atoms with Crippen LogP contribution in [0, 0.1) is 6.92 Å². The van der Waals surface area contributed by atoms with Crippen LogP contribution in [0.4, 0.5) is 0 Å². The van der Waals surface area contributed by atoms with Crippen LogP contribution in [-0.4, -0.2) is 8.97 Å². The minimum absolute atomic E-state index is 0.137. The molecular weight excluding hydrogens is 294 g/mol. The molecular formula is C21H24N3+. The van der Waals surface area contributed by atoms with Gasteiger partial charge in [0, 0.05) is 0 Å². The van der Waals surface area contributed by atoms with Crippen molar-refractivity contribution in [2.24, 2.45) is 7.05 Å². The van der Waals surface area contributed by atoms with Gasteiger partial charge < -0.3 is 0 Å². The number of aryl methyl sites for hydroxylation is 1. The fourth-order valence-corrected chi connectivity index (χ4v) is 3.84. The fourth-order valence-electron chi connectivity index (χ4n) is 3.84. The highest BCUT2D eigenvalue weighted by atomic mass is 15.2. The highest BCUT2D eigenvalue weighted by Crippen LogP contribution is 2.30. The Bertz CT molecular complexity index is 1060. The zero-order chi connectivity index (χ0) is 17.1. The predicted molar refractivity (Wildman–Crippen MR) is 98.8 cm³/mol. The Morgan fingerprint density at radius 1 is 0.917 bits per heavy atom. The number of aromatic nitrogens is 3. The van der Waals surface area contributed by atoms with Crippen LogP contribution in [0.25, 0.3) is 22.5 Å². The second-order valence-electron chi connectivity index (χ2n) is 7.59. The van der Waals surface area contributed by atoms with Crippen molar-refractivity contribution in [3.63, 3.8) is 0 Å². The monoisotopic (exact) mass is 318 g/mol. The lowest BCUT2D eigenvalue weighted by molar-refractivity contribution is -0.620. The lowest BCUT2D eigenvalue weighted by Crippen LogP contribution is -2.29. The van der Waals surface area contributed by atoms with Crippen molar-refractivity contribution in [2.75, 3.05) is 0 Å². The third-order valence-electron chi connectivity index (χ3n) is 4.97. The molecule has 0 saturated carbocycles. The molecule has 0 aliphatic heterocycles. The normalized spacial score (nSPS) is 12.4. The largest absolute Gasteiger partial charge is 0.374 e. The SMILES string of the molecule is Cc1c(-n2ccn3c4ccccc4[n+](C)c23)cccc1C(C)(C)C. The Morgan fingerprint density at radius 3 is 2.42 bits per heavy atom. The van der Waals surface area contributed by atoms with Crippen LogP contribution in [0.2, 0.25) is 0 Å². The van der Waals surface area contributed by atoms with E-state index in [-0.39, 0.29) is 5.41 Å². The zero-order valence-electron chi connectivity index (χ0n) is 15.0. The van der Waals surface area contributed by atoms with Gasteiger partial charge in [0.1, 0.15) is 29.1 Å².